The van der Waals surface area contributed by atoms with Crippen LogP contribution in [0.25, 0.3) is 70.9 Å². The van der Waals surface area contributed by atoms with Gasteiger partial charge in [0, 0.05) is 39.4 Å². The van der Waals surface area contributed by atoms with Crippen molar-refractivity contribution >= 4 is 71.3 Å². The van der Waals surface area contributed by atoms with Crippen LogP contribution < -0.4 is 4.90 Å². The lowest BCUT2D eigenvalue weighted by Crippen LogP contribution is -2.11. The van der Waals surface area contributed by atoms with Gasteiger partial charge < -0.3 is 4.57 Å². The van der Waals surface area contributed by atoms with Gasteiger partial charge in [-0.1, -0.05) is 109 Å². The molecule has 0 saturated carbocycles. The minimum atomic E-state index is 0.887. The molecule has 3 nitrogen and oxygen atoms in total. The van der Waals surface area contributed by atoms with Crippen LogP contribution in [-0.2, 0) is 0 Å². The maximum atomic E-state index is 4.69. The van der Waals surface area contributed by atoms with E-state index in [0.717, 1.165) is 17.2 Å². The molecule has 2 aromatic heterocycles. The normalized spacial score (nSPS) is 11.8. The zero-order valence-corrected chi connectivity index (χ0v) is 26.1. The number of para-hydroxylation sites is 3. The van der Waals surface area contributed by atoms with Gasteiger partial charge in [-0.2, -0.15) is 0 Å². The van der Waals surface area contributed by atoms with Gasteiger partial charge in [0.15, 0.2) is 0 Å². The Morgan fingerprint density at radius 1 is 0.458 bits per heavy atom. The molecule has 0 saturated heterocycles. The number of hydrogen-bond donors (Lipinski definition) is 0. The largest absolute Gasteiger partial charge is 0.309 e. The highest BCUT2D eigenvalue weighted by atomic mass is 15.2. The van der Waals surface area contributed by atoms with Crippen LogP contribution in [0.15, 0.2) is 176 Å². The summed E-state index contributed by atoms with van der Waals surface area (Å²) in [5.74, 6) is 0.887. The molecule has 0 aliphatic rings. The lowest BCUT2D eigenvalue weighted by Gasteiger charge is -2.24. The average Bonchev–Trinajstić information content (AvgIpc) is 3.49. The molecule has 0 unspecified atom stereocenters. The van der Waals surface area contributed by atoms with Crippen molar-refractivity contribution in [3.63, 3.8) is 0 Å². The quantitative estimate of drug-likeness (QED) is 0.181. The average molecular weight is 612 g/mol. The van der Waals surface area contributed by atoms with E-state index in [1.165, 1.54) is 70.9 Å². The third kappa shape index (κ3) is 3.98. The third-order valence-electron chi connectivity index (χ3n) is 9.76. The van der Waals surface area contributed by atoms with E-state index in [2.05, 4.69) is 166 Å². The van der Waals surface area contributed by atoms with Crippen LogP contribution in [0.1, 0.15) is 0 Å². The highest BCUT2D eigenvalue weighted by molar-refractivity contribution is 6.32. The van der Waals surface area contributed by atoms with Gasteiger partial charge in [0.2, 0.25) is 0 Å². The van der Waals surface area contributed by atoms with Gasteiger partial charge >= 0.3 is 0 Å². The summed E-state index contributed by atoms with van der Waals surface area (Å²) in [7, 11) is 0. The predicted molar refractivity (Wildman–Crippen MR) is 202 cm³/mol. The first kappa shape index (κ1) is 26.7. The fraction of sp³-hybridized carbons (Fsp3) is 0. The Hall–Kier alpha value is -6.45. The van der Waals surface area contributed by atoms with Crippen molar-refractivity contribution < 1.29 is 0 Å². The molecule has 0 aliphatic carbocycles. The zero-order chi connectivity index (χ0) is 31.6. The molecule has 0 spiro atoms. The molecule has 10 rings (SSSR count). The number of nitrogens with zero attached hydrogens (tertiary/aromatic N) is 3. The molecule has 0 N–H and O–H groups in total. The smallest absolute Gasteiger partial charge is 0.137 e. The number of pyridine rings is 1. The fourth-order valence-corrected chi connectivity index (χ4v) is 7.69. The third-order valence-corrected chi connectivity index (χ3v) is 9.76. The summed E-state index contributed by atoms with van der Waals surface area (Å²) in [5, 5.41) is 10.3. The molecule has 0 amide bonds. The summed E-state index contributed by atoms with van der Waals surface area (Å²) in [4.78, 5) is 6.88. The van der Waals surface area contributed by atoms with Gasteiger partial charge in [0.1, 0.15) is 5.82 Å². The minimum absolute atomic E-state index is 0.887. The molecule has 8 aromatic carbocycles. The van der Waals surface area contributed by atoms with E-state index in [-0.39, 0.29) is 0 Å². The summed E-state index contributed by atoms with van der Waals surface area (Å²) >= 11 is 0. The molecular formula is C45H29N3. The van der Waals surface area contributed by atoms with Crippen molar-refractivity contribution in [3.05, 3.63) is 176 Å². The maximum Gasteiger partial charge on any atom is 0.137 e. The van der Waals surface area contributed by atoms with Crippen molar-refractivity contribution in [2.75, 3.05) is 4.90 Å². The Balaban J connectivity index is 1.19. The van der Waals surface area contributed by atoms with E-state index in [4.69, 9.17) is 0 Å². The van der Waals surface area contributed by atoms with Gasteiger partial charge in [-0.25, -0.2) is 4.98 Å². The number of hydrogen-bond acceptors (Lipinski definition) is 2. The van der Waals surface area contributed by atoms with Gasteiger partial charge in [0.25, 0.3) is 0 Å². The molecule has 0 bridgehead atoms. The van der Waals surface area contributed by atoms with E-state index in [9.17, 15) is 0 Å². The molecule has 0 fully saturated rings. The monoisotopic (exact) mass is 611 g/mol. The van der Waals surface area contributed by atoms with Crippen LogP contribution in [0.3, 0.4) is 0 Å². The predicted octanol–water partition coefficient (Wildman–Crippen LogP) is 12.2. The molecule has 3 heteroatoms. The molecule has 0 aliphatic heterocycles. The Bertz CT molecular complexity index is 2710. The number of anilines is 3. The van der Waals surface area contributed by atoms with Gasteiger partial charge in [-0.05, 0) is 98.7 Å². The molecule has 2 heterocycles. The Morgan fingerprint density at radius 3 is 1.94 bits per heavy atom. The lowest BCUT2D eigenvalue weighted by atomic mass is 9.89. The molecule has 48 heavy (non-hydrogen) atoms. The Morgan fingerprint density at radius 2 is 1.12 bits per heavy atom. The summed E-state index contributed by atoms with van der Waals surface area (Å²) in [6, 6.07) is 61.1. The van der Waals surface area contributed by atoms with Crippen molar-refractivity contribution in [1.29, 1.82) is 0 Å². The van der Waals surface area contributed by atoms with Crippen LogP contribution in [0.2, 0.25) is 0 Å². The number of rotatable bonds is 5. The summed E-state index contributed by atoms with van der Waals surface area (Å²) < 4.78 is 2.44. The second-order valence-corrected chi connectivity index (χ2v) is 12.4. The molecule has 0 radical (unpaired) electrons. The number of benzene rings is 8. The first-order chi connectivity index (χ1) is 23.8. The van der Waals surface area contributed by atoms with Crippen molar-refractivity contribution in [2.24, 2.45) is 0 Å². The number of fused-ring (bicyclic) bond motifs is 4. The minimum Gasteiger partial charge on any atom is -0.309 e. The second kappa shape index (κ2) is 10.5. The highest BCUT2D eigenvalue weighted by Crippen LogP contribution is 2.45. The Kier molecular flexibility index (Phi) is 5.87. The fourth-order valence-electron chi connectivity index (χ4n) is 7.69. The maximum absolute atomic E-state index is 4.69. The standard InChI is InChI=1S/C45H29N3/c1-3-11-33(12-4-1)47(42-17-9-10-28-46-42)35-23-20-30(21-24-35)36-25-22-31-18-19-32-29-40-37-15-7-8-16-41(37)48(34-13-5-2-6-14-34)45(40)39-27-26-38(36)43(31)44(32)39/h1-29H. The van der Waals surface area contributed by atoms with Gasteiger partial charge in [-0.15, -0.1) is 0 Å². The van der Waals surface area contributed by atoms with E-state index in [0.29, 0.717) is 0 Å². The van der Waals surface area contributed by atoms with Crippen LogP contribution in [-0.4, -0.2) is 9.55 Å². The van der Waals surface area contributed by atoms with Crippen LogP contribution in [0.5, 0.6) is 0 Å². The lowest BCUT2D eigenvalue weighted by molar-refractivity contribution is 1.18. The first-order valence-electron chi connectivity index (χ1n) is 16.4. The second-order valence-electron chi connectivity index (χ2n) is 12.4. The molecule has 224 valence electrons. The molecule has 10 aromatic rings. The van der Waals surface area contributed by atoms with Crippen LogP contribution in [0.4, 0.5) is 17.2 Å². The van der Waals surface area contributed by atoms with Crippen LogP contribution >= 0.6 is 0 Å². The van der Waals surface area contributed by atoms with Crippen molar-refractivity contribution in [3.8, 4) is 16.8 Å². The highest BCUT2D eigenvalue weighted by Gasteiger charge is 2.20. The Labute approximate surface area is 277 Å². The zero-order valence-electron chi connectivity index (χ0n) is 26.1. The first-order valence-corrected chi connectivity index (χ1v) is 16.4. The van der Waals surface area contributed by atoms with E-state index < -0.39 is 0 Å². The van der Waals surface area contributed by atoms with Crippen molar-refractivity contribution in [1.82, 2.24) is 9.55 Å². The molecule has 0 atom stereocenters. The summed E-state index contributed by atoms with van der Waals surface area (Å²) in [5.41, 5.74) is 8.23. The summed E-state index contributed by atoms with van der Waals surface area (Å²) in [6.45, 7) is 0. The van der Waals surface area contributed by atoms with E-state index in [1.807, 2.05) is 24.4 Å². The van der Waals surface area contributed by atoms with Crippen LogP contribution in [0, 0.1) is 0 Å². The van der Waals surface area contributed by atoms with Gasteiger partial charge in [-0.3, -0.25) is 4.90 Å². The number of aromatic nitrogens is 2. The topological polar surface area (TPSA) is 21.1 Å². The van der Waals surface area contributed by atoms with Crippen molar-refractivity contribution in [2.45, 2.75) is 0 Å². The van der Waals surface area contributed by atoms with E-state index in [1.54, 1.807) is 0 Å². The summed E-state index contributed by atoms with van der Waals surface area (Å²) in [6.07, 6.45) is 1.84. The SMILES string of the molecule is c1ccc(N(c2ccc(-c3ccc4ccc5cc6c7ccccc7n(-c7ccccc7)c6c6ccc3c4c56)cc2)c2ccccn2)cc1. The van der Waals surface area contributed by atoms with Gasteiger partial charge in [0.05, 0.1) is 11.0 Å². The van der Waals surface area contributed by atoms with E-state index >= 15 is 0 Å². The molecular weight excluding hydrogens is 583 g/mol.